The van der Waals surface area contributed by atoms with E-state index in [1.807, 2.05) is 13.0 Å². The molecule has 1 aliphatic heterocycles. The highest BCUT2D eigenvalue weighted by Crippen LogP contribution is 2.36. The summed E-state index contributed by atoms with van der Waals surface area (Å²) in [5.74, 6) is 1.37. The number of hydrogen-bond acceptors (Lipinski definition) is 5. The Hall–Kier alpha value is -3.52. The molecule has 0 spiro atoms. The molecule has 0 saturated carbocycles. The van der Waals surface area contributed by atoms with Crippen LogP contribution in [0.5, 0.6) is 11.5 Å². The third kappa shape index (κ3) is 5.17. The molecule has 0 fully saturated rings. The number of para-hydroxylation sites is 2. The van der Waals surface area contributed by atoms with Gasteiger partial charge in [0.25, 0.3) is 15.9 Å². The number of ether oxygens (including phenoxy) is 2. The van der Waals surface area contributed by atoms with Crippen LogP contribution < -0.4 is 19.1 Å². The standard InChI is InChI=1S/C26H28N2O5S/c1-18(2)17-32-22-12-8-20(9-13-22)26(29)27-21-10-14-23(15-11-21)34(30,31)28-16-19(3)33-25-7-5-4-6-24(25)28/h4-15,18-19H,16-17H2,1-3H3,(H,27,29)/t19-/m1/s1. The summed E-state index contributed by atoms with van der Waals surface area (Å²) >= 11 is 0. The van der Waals surface area contributed by atoms with Crippen LogP contribution in [0.1, 0.15) is 31.1 Å². The summed E-state index contributed by atoms with van der Waals surface area (Å²) in [6.07, 6.45) is -0.273. The molecule has 3 aromatic carbocycles. The molecule has 0 saturated heterocycles. The molecule has 0 bridgehead atoms. The van der Waals surface area contributed by atoms with Gasteiger partial charge < -0.3 is 14.8 Å². The van der Waals surface area contributed by atoms with Crippen molar-refractivity contribution in [1.82, 2.24) is 0 Å². The average Bonchev–Trinajstić information content (AvgIpc) is 2.82. The zero-order chi connectivity index (χ0) is 24.3. The lowest BCUT2D eigenvalue weighted by Crippen LogP contribution is -2.42. The van der Waals surface area contributed by atoms with Crippen LogP contribution in [-0.2, 0) is 10.0 Å². The van der Waals surface area contributed by atoms with Crippen molar-refractivity contribution < 1.29 is 22.7 Å². The van der Waals surface area contributed by atoms with Gasteiger partial charge in [-0.3, -0.25) is 9.10 Å². The number of hydrogen-bond donors (Lipinski definition) is 1. The second-order valence-electron chi connectivity index (χ2n) is 8.64. The highest BCUT2D eigenvalue weighted by Gasteiger charge is 2.32. The number of rotatable bonds is 7. The van der Waals surface area contributed by atoms with E-state index in [0.717, 1.165) is 0 Å². The zero-order valence-electron chi connectivity index (χ0n) is 19.4. The third-order valence-electron chi connectivity index (χ3n) is 5.29. The van der Waals surface area contributed by atoms with Crippen LogP contribution >= 0.6 is 0 Å². The second-order valence-corrected chi connectivity index (χ2v) is 10.5. The van der Waals surface area contributed by atoms with E-state index in [1.165, 1.54) is 16.4 Å². The van der Waals surface area contributed by atoms with E-state index in [0.29, 0.717) is 41.0 Å². The fourth-order valence-corrected chi connectivity index (χ4v) is 5.13. The molecule has 1 amide bonds. The first kappa shape index (κ1) is 23.6. The predicted molar refractivity (Wildman–Crippen MR) is 132 cm³/mol. The minimum atomic E-state index is -3.80. The molecule has 1 N–H and O–H groups in total. The van der Waals surface area contributed by atoms with Crippen molar-refractivity contribution in [3.8, 4) is 11.5 Å². The van der Waals surface area contributed by atoms with Crippen LogP contribution in [-0.4, -0.2) is 33.6 Å². The lowest BCUT2D eigenvalue weighted by Gasteiger charge is -2.34. The van der Waals surface area contributed by atoms with Gasteiger partial charge in [-0.25, -0.2) is 8.42 Å². The maximum absolute atomic E-state index is 13.3. The van der Waals surface area contributed by atoms with Crippen LogP contribution in [0.3, 0.4) is 0 Å². The number of fused-ring (bicyclic) bond motifs is 1. The molecule has 4 rings (SSSR count). The molecule has 1 aliphatic rings. The summed E-state index contributed by atoms with van der Waals surface area (Å²) in [4.78, 5) is 12.7. The molecule has 1 heterocycles. The first-order valence-electron chi connectivity index (χ1n) is 11.2. The minimum absolute atomic E-state index is 0.140. The van der Waals surface area contributed by atoms with Gasteiger partial charge in [-0.2, -0.15) is 0 Å². The zero-order valence-corrected chi connectivity index (χ0v) is 20.2. The summed E-state index contributed by atoms with van der Waals surface area (Å²) < 4.78 is 39.5. The number of anilines is 2. The Labute approximate surface area is 200 Å². The van der Waals surface area contributed by atoms with Gasteiger partial charge in [-0.1, -0.05) is 26.0 Å². The van der Waals surface area contributed by atoms with Crippen LogP contribution in [0.2, 0.25) is 0 Å². The average molecular weight is 481 g/mol. The molecule has 178 valence electrons. The first-order chi connectivity index (χ1) is 16.2. The van der Waals surface area contributed by atoms with Crippen molar-refractivity contribution in [2.24, 2.45) is 5.92 Å². The van der Waals surface area contributed by atoms with Crippen LogP contribution in [0.25, 0.3) is 0 Å². The normalized spacial score (nSPS) is 15.4. The molecule has 7 nitrogen and oxygen atoms in total. The van der Waals surface area contributed by atoms with Crippen molar-refractivity contribution in [3.05, 3.63) is 78.4 Å². The van der Waals surface area contributed by atoms with E-state index in [4.69, 9.17) is 9.47 Å². The molecule has 0 unspecified atom stereocenters. The van der Waals surface area contributed by atoms with Gasteiger partial charge in [0, 0.05) is 11.3 Å². The fraction of sp³-hybridized carbons (Fsp3) is 0.269. The van der Waals surface area contributed by atoms with E-state index in [2.05, 4.69) is 19.2 Å². The third-order valence-corrected chi connectivity index (χ3v) is 7.08. The summed E-state index contributed by atoms with van der Waals surface area (Å²) in [6, 6.07) is 20.1. The number of nitrogens with one attached hydrogen (secondary N) is 1. The molecular formula is C26H28N2O5S. The quantitative estimate of drug-likeness (QED) is 0.517. The Morgan fingerprint density at radius 3 is 2.41 bits per heavy atom. The van der Waals surface area contributed by atoms with Gasteiger partial charge in [-0.05, 0) is 73.5 Å². The Morgan fingerprint density at radius 1 is 1.06 bits per heavy atom. The number of benzene rings is 3. The highest BCUT2D eigenvalue weighted by atomic mass is 32.2. The van der Waals surface area contributed by atoms with Crippen LogP contribution in [0, 0.1) is 5.92 Å². The van der Waals surface area contributed by atoms with Gasteiger partial charge in [-0.15, -0.1) is 0 Å². The van der Waals surface area contributed by atoms with Gasteiger partial charge in [0.2, 0.25) is 0 Å². The number of sulfonamides is 1. The Morgan fingerprint density at radius 2 is 1.74 bits per heavy atom. The molecular weight excluding hydrogens is 452 g/mol. The van der Waals surface area contributed by atoms with Crippen molar-refractivity contribution in [2.45, 2.75) is 31.8 Å². The Balaban J connectivity index is 1.46. The largest absolute Gasteiger partial charge is 0.493 e. The molecule has 0 aromatic heterocycles. The number of nitrogens with zero attached hydrogens (tertiary/aromatic N) is 1. The lowest BCUT2D eigenvalue weighted by atomic mass is 10.2. The number of carbonyl (C=O) groups is 1. The van der Waals surface area contributed by atoms with Crippen LogP contribution in [0.15, 0.2) is 77.7 Å². The summed E-state index contributed by atoms with van der Waals surface area (Å²) in [6.45, 7) is 6.79. The second kappa shape index (κ2) is 9.77. The summed E-state index contributed by atoms with van der Waals surface area (Å²) in [5.41, 5.74) is 1.49. The van der Waals surface area contributed by atoms with E-state index >= 15 is 0 Å². The molecule has 0 aliphatic carbocycles. The Bertz CT molecular complexity index is 1260. The molecule has 3 aromatic rings. The van der Waals surface area contributed by atoms with Crippen molar-refractivity contribution >= 4 is 27.3 Å². The monoisotopic (exact) mass is 480 g/mol. The number of carbonyl (C=O) groups excluding carboxylic acids is 1. The first-order valence-corrected chi connectivity index (χ1v) is 12.6. The fourth-order valence-electron chi connectivity index (χ4n) is 3.58. The van der Waals surface area contributed by atoms with E-state index in [-0.39, 0.29) is 23.5 Å². The smallest absolute Gasteiger partial charge is 0.264 e. The van der Waals surface area contributed by atoms with Gasteiger partial charge >= 0.3 is 0 Å². The van der Waals surface area contributed by atoms with Crippen molar-refractivity contribution in [2.75, 3.05) is 22.8 Å². The minimum Gasteiger partial charge on any atom is -0.493 e. The van der Waals surface area contributed by atoms with Gasteiger partial charge in [0.05, 0.1) is 23.7 Å². The van der Waals surface area contributed by atoms with E-state index in [1.54, 1.807) is 54.6 Å². The maximum atomic E-state index is 13.3. The van der Waals surface area contributed by atoms with E-state index in [9.17, 15) is 13.2 Å². The lowest BCUT2D eigenvalue weighted by molar-refractivity contribution is 0.102. The molecule has 0 radical (unpaired) electrons. The van der Waals surface area contributed by atoms with Gasteiger partial charge in [0.1, 0.15) is 17.6 Å². The molecule has 1 atom stereocenters. The van der Waals surface area contributed by atoms with Crippen molar-refractivity contribution in [3.63, 3.8) is 0 Å². The molecule has 8 heteroatoms. The summed E-state index contributed by atoms with van der Waals surface area (Å²) in [7, 11) is -3.80. The van der Waals surface area contributed by atoms with Crippen molar-refractivity contribution in [1.29, 1.82) is 0 Å². The SMILES string of the molecule is CC(C)COc1ccc(C(=O)Nc2ccc(S(=O)(=O)N3C[C@@H](C)Oc4ccccc43)cc2)cc1. The van der Waals surface area contributed by atoms with Crippen LogP contribution in [0.4, 0.5) is 11.4 Å². The Kier molecular flexibility index (Phi) is 6.79. The number of amides is 1. The topological polar surface area (TPSA) is 84.9 Å². The van der Waals surface area contributed by atoms with E-state index < -0.39 is 10.0 Å². The maximum Gasteiger partial charge on any atom is 0.264 e. The predicted octanol–water partition coefficient (Wildman–Crippen LogP) is 4.95. The van der Waals surface area contributed by atoms with Gasteiger partial charge in [0.15, 0.2) is 0 Å². The highest BCUT2D eigenvalue weighted by molar-refractivity contribution is 7.92. The summed E-state index contributed by atoms with van der Waals surface area (Å²) in [5, 5.41) is 2.80. The molecule has 34 heavy (non-hydrogen) atoms.